The van der Waals surface area contributed by atoms with E-state index in [0.717, 1.165) is 11.8 Å². The molecule has 2 amide bonds. The first-order valence-electron chi connectivity index (χ1n) is 7.22. The summed E-state index contributed by atoms with van der Waals surface area (Å²) in [6.45, 7) is 3.62. The molecule has 0 radical (unpaired) electrons. The minimum Gasteiger partial charge on any atom is -0.508 e. The summed E-state index contributed by atoms with van der Waals surface area (Å²) in [5.74, 6) is -0.315. The molecule has 9 nitrogen and oxygen atoms in total. The fourth-order valence-electron chi connectivity index (χ4n) is 1.76. The van der Waals surface area contributed by atoms with Crippen LogP contribution in [0.2, 0.25) is 0 Å². The van der Waals surface area contributed by atoms with Crippen molar-refractivity contribution in [2.24, 2.45) is 0 Å². The monoisotopic (exact) mass is 350 g/mol. The molecule has 0 saturated heterocycles. The molecular formula is C14H18N6O3S. The third kappa shape index (κ3) is 5.23. The molecule has 1 aromatic carbocycles. The Morgan fingerprint density at radius 1 is 1.25 bits per heavy atom. The summed E-state index contributed by atoms with van der Waals surface area (Å²) in [7, 11) is 0. The normalized spacial score (nSPS) is 10.6. The van der Waals surface area contributed by atoms with Gasteiger partial charge < -0.3 is 15.7 Å². The minimum atomic E-state index is -0.292. The van der Waals surface area contributed by atoms with E-state index in [4.69, 9.17) is 0 Å². The number of hydrogen-bond donors (Lipinski definition) is 3. The summed E-state index contributed by atoms with van der Waals surface area (Å²) in [6.07, 6.45) is 0. The summed E-state index contributed by atoms with van der Waals surface area (Å²) in [5.41, 5.74) is 0.664. The zero-order valence-electron chi connectivity index (χ0n) is 13.3. The number of amides is 2. The molecule has 1 heterocycles. The summed E-state index contributed by atoms with van der Waals surface area (Å²) in [4.78, 5) is 23.3. The molecule has 0 bridgehead atoms. The molecule has 24 heavy (non-hydrogen) atoms. The Kier molecular flexibility index (Phi) is 6.13. The Hall–Kier alpha value is -2.62. The third-order valence-electron chi connectivity index (χ3n) is 2.76. The molecule has 0 aliphatic carbocycles. The largest absolute Gasteiger partial charge is 0.508 e. The zero-order valence-corrected chi connectivity index (χ0v) is 14.1. The van der Waals surface area contributed by atoms with E-state index in [1.807, 2.05) is 13.8 Å². The van der Waals surface area contributed by atoms with Crippen molar-refractivity contribution in [1.29, 1.82) is 0 Å². The first-order chi connectivity index (χ1) is 11.5. The quantitative estimate of drug-likeness (QED) is 0.605. The van der Waals surface area contributed by atoms with E-state index in [1.54, 1.807) is 12.1 Å². The van der Waals surface area contributed by atoms with Gasteiger partial charge in [-0.2, -0.15) is 4.68 Å². The molecule has 1 aromatic heterocycles. The van der Waals surface area contributed by atoms with Crippen molar-refractivity contribution in [2.45, 2.75) is 25.0 Å². The number of hydrogen-bond acceptors (Lipinski definition) is 7. The number of carbonyl (C=O) groups is 2. The third-order valence-corrected chi connectivity index (χ3v) is 3.68. The van der Waals surface area contributed by atoms with E-state index in [1.165, 1.54) is 16.8 Å². The summed E-state index contributed by atoms with van der Waals surface area (Å²) in [6, 6.07) is 6.38. The number of phenols is 1. The molecule has 0 aliphatic heterocycles. The van der Waals surface area contributed by atoms with Gasteiger partial charge in [-0.15, -0.1) is 5.10 Å². The first kappa shape index (κ1) is 17.7. The number of aromatic hydroxyl groups is 1. The molecule has 3 N–H and O–H groups in total. The standard InChI is InChI=1S/C14H18N6O3S/c1-9(2)16-12(22)7-15-13(23)8-24-14-17-18-19-20(14)10-3-5-11(21)6-4-10/h3-6,9,21H,7-8H2,1-2H3,(H,15,23)(H,16,22). The first-order valence-corrected chi connectivity index (χ1v) is 8.21. The maximum atomic E-state index is 11.8. The zero-order chi connectivity index (χ0) is 17.5. The summed E-state index contributed by atoms with van der Waals surface area (Å²) in [5, 5.41) is 26.3. The Bertz CT molecular complexity index is 701. The Morgan fingerprint density at radius 3 is 2.62 bits per heavy atom. The van der Waals surface area contributed by atoms with Crippen molar-refractivity contribution in [3.63, 3.8) is 0 Å². The topological polar surface area (TPSA) is 122 Å². The second kappa shape index (κ2) is 8.29. The lowest BCUT2D eigenvalue weighted by molar-refractivity contribution is -0.125. The summed E-state index contributed by atoms with van der Waals surface area (Å²) < 4.78 is 1.46. The second-order valence-electron chi connectivity index (χ2n) is 5.18. The SMILES string of the molecule is CC(C)NC(=O)CNC(=O)CSc1nnnn1-c1ccc(O)cc1. The van der Waals surface area contributed by atoms with Gasteiger partial charge in [0.15, 0.2) is 0 Å². The molecule has 0 atom stereocenters. The van der Waals surface area contributed by atoms with Crippen LogP contribution in [0, 0.1) is 0 Å². The van der Waals surface area contributed by atoms with Crippen LogP contribution in [0.1, 0.15) is 13.8 Å². The van der Waals surface area contributed by atoms with Crippen LogP contribution < -0.4 is 10.6 Å². The fraction of sp³-hybridized carbons (Fsp3) is 0.357. The van der Waals surface area contributed by atoms with Crippen molar-refractivity contribution in [3.8, 4) is 11.4 Å². The van der Waals surface area contributed by atoms with Gasteiger partial charge in [-0.25, -0.2) is 0 Å². The van der Waals surface area contributed by atoms with Crippen molar-refractivity contribution >= 4 is 23.6 Å². The smallest absolute Gasteiger partial charge is 0.239 e. The Labute approximate surface area is 142 Å². The highest BCUT2D eigenvalue weighted by Crippen LogP contribution is 2.19. The Balaban J connectivity index is 1.87. The van der Waals surface area contributed by atoms with E-state index in [-0.39, 0.29) is 35.9 Å². The van der Waals surface area contributed by atoms with Crippen molar-refractivity contribution in [2.75, 3.05) is 12.3 Å². The number of nitrogens with one attached hydrogen (secondary N) is 2. The number of benzene rings is 1. The van der Waals surface area contributed by atoms with Gasteiger partial charge in [0, 0.05) is 6.04 Å². The highest BCUT2D eigenvalue weighted by Gasteiger charge is 2.12. The number of phenolic OH excluding ortho intramolecular Hbond substituents is 1. The van der Waals surface area contributed by atoms with Crippen LogP contribution in [0.4, 0.5) is 0 Å². The lowest BCUT2D eigenvalue weighted by Gasteiger charge is -2.09. The molecule has 0 unspecified atom stereocenters. The summed E-state index contributed by atoms with van der Waals surface area (Å²) >= 11 is 1.15. The van der Waals surface area contributed by atoms with Gasteiger partial charge in [-0.05, 0) is 48.5 Å². The maximum Gasteiger partial charge on any atom is 0.239 e. The number of thioether (sulfide) groups is 1. The van der Waals surface area contributed by atoms with Crippen LogP contribution in [-0.4, -0.2) is 55.5 Å². The van der Waals surface area contributed by atoms with Crippen LogP contribution >= 0.6 is 11.8 Å². The van der Waals surface area contributed by atoms with Crippen molar-refractivity contribution < 1.29 is 14.7 Å². The predicted octanol–water partition coefficient (Wildman–Crippen LogP) is 0.101. The average molecular weight is 350 g/mol. The van der Waals surface area contributed by atoms with Crippen LogP contribution in [0.25, 0.3) is 5.69 Å². The van der Waals surface area contributed by atoms with Crippen molar-refractivity contribution in [1.82, 2.24) is 30.8 Å². The lowest BCUT2D eigenvalue weighted by atomic mass is 10.3. The number of tetrazole rings is 1. The van der Waals surface area contributed by atoms with Crippen LogP contribution in [0.15, 0.2) is 29.4 Å². The minimum absolute atomic E-state index is 0.0266. The van der Waals surface area contributed by atoms with Gasteiger partial charge in [0.05, 0.1) is 18.0 Å². The van der Waals surface area contributed by atoms with Gasteiger partial charge in [0.2, 0.25) is 17.0 Å². The van der Waals surface area contributed by atoms with E-state index in [0.29, 0.717) is 10.8 Å². The Morgan fingerprint density at radius 2 is 1.96 bits per heavy atom. The molecule has 10 heteroatoms. The van der Waals surface area contributed by atoms with Crippen LogP contribution in [0.3, 0.4) is 0 Å². The lowest BCUT2D eigenvalue weighted by Crippen LogP contribution is -2.40. The number of rotatable bonds is 7. The van der Waals surface area contributed by atoms with Gasteiger partial charge in [-0.1, -0.05) is 11.8 Å². The van der Waals surface area contributed by atoms with E-state index >= 15 is 0 Å². The van der Waals surface area contributed by atoms with Crippen LogP contribution in [-0.2, 0) is 9.59 Å². The van der Waals surface area contributed by atoms with Gasteiger partial charge >= 0.3 is 0 Å². The molecule has 0 saturated carbocycles. The van der Waals surface area contributed by atoms with Gasteiger partial charge in [-0.3, -0.25) is 9.59 Å². The second-order valence-corrected chi connectivity index (χ2v) is 6.12. The molecule has 2 rings (SSSR count). The van der Waals surface area contributed by atoms with Crippen molar-refractivity contribution in [3.05, 3.63) is 24.3 Å². The molecule has 0 fully saturated rings. The highest BCUT2D eigenvalue weighted by molar-refractivity contribution is 7.99. The highest BCUT2D eigenvalue weighted by atomic mass is 32.2. The number of nitrogens with zero attached hydrogens (tertiary/aromatic N) is 4. The van der Waals surface area contributed by atoms with Crippen LogP contribution in [0.5, 0.6) is 5.75 Å². The molecular weight excluding hydrogens is 332 g/mol. The number of aromatic nitrogens is 4. The van der Waals surface area contributed by atoms with Gasteiger partial charge in [0.1, 0.15) is 5.75 Å². The average Bonchev–Trinajstić information content (AvgIpc) is 2.99. The fourth-order valence-corrected chi connectivity index (χ4v) is 2.48. The maximum absolute atomic E-state index is 11.8. The van der Waals surface area contributed by atoms with Gasteiger partial charge in [0.25, 0.3) is 0 Å². The van der Waals surface area contributed by atoms with E-state index < -0.39 is 0 Å². The van der Waals surface area contributed by atoms with E-state index in [2.05, 4.69) is 26.2 Å². The molecule has 128 valence electrons. The molecule has 0 aliphatic rings. The number of carbonyl (C=O) groups excluding carboxylic acids is 2. The predicted molar refractivity (Wildman–Crippen MR) is 87.8 cm³/mol. The van der Waals surface area contributed by atoms with E-state index in [9.17, 15) is 14.7 Å². The molecule has 0 spiro atoms. The molecule has 2 aromatic rings.